The van der Waals surface area contributed by atoms with Gasteiger partial charge in [0.05, 0.1) is 11.0 Å². The molecule has 0 aliphatic carbocycles. The summed E-state index contributed by atoms with van der Waals surface area (Å²) < 4.78 is 0.901. The Balaban J connectivity index is 2.22. The molecule has 0 spiro atoms. The fourth-order valence-corrected chi connectivity index (χ4v) is 1.36. The normalized spacial score (nSPS) is 10.4. The van der Waals surface area contributed by atoms with E-state index in [2.05, 4.69) is 37.8 Å². The highest BCUT2D eigenvalue weighted by Gasteiger charge is 1.99. The van der Waals surface area contributed by atoms with Crippen LogP contribution < -0.4 is 5.32 Å². The zero-order chi connectivity index (χ0) is 9.97. The number of aromatic nitrogens is 2. The van der Waals surface area contributed by atoms with E-state index in [0.717, 1.165) is 21.5 Å². The van der Waals surface area contributed by atoms with E-state index in [9.17, 15) is 0 Å². The molecule has 1 aromatic heterocycles. The Kier molecular flexibility index (Phi) is 2.54. The lowest BCUT2D eigenvalue weighted by Crippen LogP contribution is -2.01. The van der Waals surface area contributed by atoms with Crippen molar-refractivity contribution in [1.82, 2.24) is 9.97 Å². The molecule has 1 heterocycles. The van der Waals surface area contributed by atoms with Crippen molar-refractivity contribution in [3.8, 4) is 0 Å². The second-order valence-electron chi connectivity index (χ2n) is 2.97. The molecule has 0 saturated carbocycles. The third-order valence-corrected chi connectivity index (χ3v) is 2.12. The standard InChI is InChI=1S/C10H10BrN3/c1-7(11)6-12-10-13-8-4-2-3-5-9(8)14-10/h2-5H,1,6H2,(H2,12,13,14). The number of rotatable bonds is 3. The highest BCUT2D eigenvalue weighted by Crippen LogP contribution is 2.13. The van der Waals surface area contributed by atoms with Gasteiger partial charge in [-0.15, -0.1) is 0 Å². The van der Waals surface area contributed by atoms with Crippen molar-refractivity contribution in [2.45, 2.75) is 0 Å². The first kappa shape index (κ1) is 9.27. The number of hydrogen-bond donors (Lipinski definition) is 2. The predicted octanol–water partition coefficient (Wildman–Crippen LogP) is 2.88. The fourth-order valence-electron chi connectivity index (χ4n) is 1.22. The minimum Gasteiger partial charge on any atom is -0.351 e. The third kappa shape index (κ3) is 1.96. The Bertz CT molecular complexity index is 428. The number of imidazole rings is 1. The summed E-state index contributed by atoms with van der Waals surface area (Å²) in [4.78, 5) is 7.52. The summed E-state index contributed by atoms with van der Waals surface area (Å²) in [5.74, 6) is 0.770. The van der Waals surface area contributed by atoms with Gasteiger partial charge in [0, 0.05) is 11.0 Å². The minimum absolute atomic E-state index is 0.666. The molecule has 2 N–H and O–H groups in total. The van der Waals surface area contributed by atoms with Crippen molar-refractivity contribution < 1.29 is 0 Å². The zero-order valence-electron chi connectivity index (χ0n) is 7.55. The summed E-state index contributed by atoms with van der Waals surface area (Å²) in [6, 6.07) is 7.92. The first-order chi connectivity index (χ1) is 6.75. The maximum Gasteiger partial charge on any atom is 0.201 e. The van der Waals surface area contributed by atoms with Crippen molar-refractivity contribution in [2.24, 2.45) is 0 Å². The first-order valence-electron chi connectivity index (χ1n) is 4.27. The summed E-state index contributed by atoms with van der Waals surface area (Å²) in [5, 5.41) is 3.12. The molecule has 72 valence electrons. The quantitative estimate of drug-likeness (QED) is 0.881. The molecule has 0 saturated heterocycles. The van der Waals surface area contributed by atoms with Gasteiger partial charge in [0.2, 0.25) is 5.95 Å². The van der Waals surface area contributed by atoms with Crippen LogP contribution in [-0.2, 0) is 0 Å². The summed E-state index contributed by atoms with van der Waals surface area (Å²) in [5.41, 5.74) is 2.00. The molecule has 0 atom stereocenters. The molecule has 0 bridgehead atoms. The summed E-state index contributed by atoms with van der Waals surface area (Å²) >= 11 is 3.28. The molecule has 0 amide bonds. The van der Waals surface area contributed by atoms with E-state index in [1.165, 1.54) is 0 Å². The Hall–Kier alpha value is -1.29. The maximum atomic E-state index is 4.36. The van der Waals surface area contributed by atoms with Crippen LogP contribution in [0, 0.1) is 0 Å². The van der Waals surface area contributed by atoms with Crippen LogP contribution in [0.5, 0.6) is 0 Å². The van der Waals surface area contributed by atoms with Crippen LogP contribution in [0.4, 0.5) is 5.95 Å². The third-order valence-electron chi connectivity index (χ3n) is 1.84. The number of fused-ring (bicyclic) bond motifs is 1. The van der Waals surface area contributed by atoms with Crippen LogP contribution in [-0.4, -0.2) is 16.5 Å². The average Bonchev–Trinajstić information content (AvgIpc) is 2.57. The Morgan fingerprint density at radius 1 is 1.50 bits per heavy atom. The molecule has 0 unspecified atom stereocenters. The summed E-state index contributed by atoms with van der Waals surface area (Å²) in [6.45, 7) is 4.40. The molecule has 2 rings (SSSR count). The average molecular weight is 252 g/mol. The number of nitrogens with one attached hydrogen (secondary N) is 2. The van der Waals surface area contributed by atoms with Crippen LogP contribution in [0.1, 0.15) is 0 Å². The second kappa shape index (κ2) is 3.84. The van der Waals surface area contributed by atoms with Crippen molar-refractivity contribution in [2.75, 3.05) is 11.9 Å². The number of H-pyrrole nitrogens is 1. The molecule has 0 aliphatic rings. The van der Waals surface area contributed by atoms with E-state index >= 15 is 0 Å². The van der Waals surface area contributed by atoms with Gasteiger partial charge in [-0.3, -0.25) is 0 Å². The number of halogens is 1. The molecular formula is C10H10BrN3. The summed E-state index contributed by atoms with van der Waals surface area (Å²) in [6.07, 6.45) is 0. The number of nitrogens with zero attached hydrogens (tertiary/aromatic N) is 1. The fraction of sp³-hybridized carbons (Fsp3) is 0.100. The minimum atomic E-state index is 0.666. The van der Waals surface area contributed by atoms with Crippen molar-refractivity contribution in [3.05, 3.63) is 35.3 Å². The smallest absolute Gasteiger partial charge is 0.201 e. The van der Waals surface area contributed by atoms with Gasteiger partial charge in [-0.05, 0) is 12.1 Å². The van der Waals surface area contributed by atoms with E-state index < -0.39 is 0 Å². The van der Waals surface area contributed by atoms with E-state index in [-0.39, 0.29) is 0 Å². The van der Waals surface area contributed by atoms with Crippen molar-refractivity contribution >= 4 is 32.9 Å². The Morgan fingerprint density at radius 2 is 2.29 bits per heavy atom. The molecule has 0 radical (unpaired) electrons. The van der Waals surface area contributed by atoms with Crippen LogP contribution >= 0.6 is 15.9 Å². The molecule has 1 aromatic carbocycles. The summed E-state index contributed by atoms with van der Waals surface area (Å²) in [7, 11) is 0. The molecule has 14 heavy (non-hydrogen) atoms. The van der Waals surface area contributed by atoms with Crippen LogP contribution in [0.2, 0.25) is 0 Å². The predicted molar refractivity (Wildman–Crippen MR) is 62.7 cm³/mol. The number of benzene rings is 1. The van der Waals surface area contributed by atoms with Gasteiger partial charge in [0.15, 0.2) is 0 Å². The Labute approximate surface area is 90.4 Å². The highest BCUT2D eigenvalue weighted by atomic mass is 79.9. The second-order valence-corrected chi connectivity index (χ2v) is 4.09. The van der Waals surface area contributed by atoms with Crippen molar-refractivity contribution in [3.63, 3.8) is 0 Å². The van der Waals surface area contributed by atoms with Crippen LogP contribution in [0.15, 0.2) is 35.3 Å². The molecular weight excluding hydrogens is 242 g/mol. The van der Waals surface area contributed by atoms with Gasteiger partial charge >= 0.3 is 0 Å². The number of para-hydroxylation sites is 2. The lowest BCUT2D eigenvalue weighted by molar-refractivity contribution is 1.21. The lowest BCUT2D eigenvalue weighted by Gasteiger charge is -1.98. The number of aromatic amines is 1. The van der Waals surface area contributed by atoms with Gasteiger partial charge in [0.1, 0.15) is 0 Å². The van der Waals surface area contributed by atoms with Gasteiger partial charge in [-0.25, -0.2) is 4.98 Å². The van der Waals surface area contributed by atoms with Crippen LogP contribution in [0.25, 0.3) is 11.0 Å². The van der Waals surface area contributed by atoms with E-state index in [0.29, 0.717) is 6.54 Å². The van der Waals surface area contributed by atoms with Crippen molar-refractivity contribution in [1.29, 1.82) is 0 Å². The van der Waals surface area contributed by atoms with E-state index in [1.807, 2.05) is 24.3 Å². The van der Waals surface area contributed by atoms with Gasteiger partial charge in [0.25, 0.3) is 0 Å². The van der Waals surface area contributed by atoms with Gasteiger partial charge < -0.3 is 10.3 Å². The van der Waals surface area contributed by atoms with E-state index in [1.54, 1.807) is 0 Å². The van der Waals surface area contributed by atoms with E-state index in [4.69, 9.17) is 0 Å². The lowest BCUT2D eigenvalue weighted by atomic mass is 10.3. The number of hydrogen-bond acceptors (Lipinski definition) is 2. The molecule has 0 aliphatic heterocycles. The monoisotopic (exact) mass is 251 g/mol. The van der Waals surface area contributed by atoms with Gasteiger partial charge in [-0.2, -0.15) is 0 Å². The Morgan fingerprint density at radius 3 is 3.00 bits per heavy atom. The van der Waals surface area contributed by atoms with Crippen LogP contribution in [0.3, 0.4) is 0 Å². The first-order valence-corrected chi connectivity index (χ1v) is 5.07. The zero-order valence-corrected chi connectivity index (χ0v) is 9.13. The maximum absolute atomic E-state index is 4.36. The topological polar surface area (TPSA) is 40.7 Å². The number of anilines is 1. The molecule has 3 nitrogen and oxygen atoms in total. The highest BCUT2D eigenvalue weighted by molar-refractivity contribution is 9.11. The molecule has 4 heteroatoms. The molecule has 0 fully saturated rings. The molecule has 2 aromatic rings. The largest absolute Gasteiger partial charge is 0.351 e. The van der Waals surface area contributed by atoms with Gasteiger partial charge in [-0.1, -0.05) is 34.6 Å². The SMILES string of the molecule is C=C(Br)CNc1nc2ccccc2[nH]1.